The Bertz CT molecular complexity index is 234. The smallest absolute Gasteiger partial charge is 0.211 e. The highest BCUT2D eigenvalue weighted by molar-refractivity contribution is 6.16. The minimum atomic E-state index is 0.431. The number of alkyl halides is 1. The lowest BCUT2D eigenvalue weighted by Crippen LogP contribution is -1.98. The Balaban J connectivity index is 2.79. The molecule has 0 aliphatic heterocycles. The first kappa shape index (κ1) is 8.40. The predicted molar refractivity (Wildman–Crippen MR) is 43.9 cm³/mol. The average molecular weight is 175 g/mol. The molecule has 4 heteroatoms. The molecule has 0 atom stereocenters. The van der Waals surface area contributed by atoms with Crippen molar-refractivity contribution in [3.8, 4) is 5.88 Å². The van der Waals surface area contributed by atoms with Gasteiger partial charge in [0, 0.05) is 13.1 Å². The second-order valence-electron chi connectivity index (χ2n) is 2.16. The van der Waals surface area contributed by atoms with E-state index < -0.39 is 0 Å². The number of aromatic nitrogens is 2. The van der Waals surface area contributed by atoms with E-state index in [1.54, 1.807) is 4.68 Å². The van der Waals surface area contributed by atoms with Gasteiger partial charge in [-0.15, -0.1) is 11.6 Å². The molecule has 0 aliphatic rings. The van der Waals surface area contributed by atoms with E-state index >= 15 is 0 Å². The van der Waals surface area contributed by atoms with Gasteiger partial charge in [-0.05, 0) is 6.92 Å². The van der Waals surface area contributed by atoms with Crippen molar-refractivity contribution in [2.45, 2.75) is 12.8 Å². The van der Waals surface area contributed by atoms with Crippen molar-refractivity contribution in [2.75, 3.05) is 6.61 Å². The van der Waals surface area contributed by atoms with Crippen LogP contribution in [0.3, 0.4) is 0 Å². The summed E-state index contributed by atoms with van der Waals surface area (Å²) < 4.78 is 6.94. The molecule has 0 bridgehead atoms. The van der Waals surface area contributed by atoms with E-state index in [4.69, 9.17) is 16.3 Å². The normalized spacial score (nSPS) is 10.1. The molecule has 0 spiro atoms. The molecule has 0 saturated heterocycles. The lowest BCUT2D eigenvalue weighted by atomic mass is 10.5. The van der Waals surface area contributed by atoms with Gasteiger partial charge in [0.2, 0.25) is 5.88 Å². The molecule has 3 nitrogen and oxygen atoms in total. The fourth-order valence-corrected chi connectivity index (χ4v) is 0.986. The molecule has 0 radical (unpaired) electrons. The molecule has 0 unspecified atom stereocenters. The summed E-state index contributed by atoms with van der Waals surface area (Å²) in [6.45, 7) is 2.59. The number of rotatable bonds is 3. The first-order chi connectivity index (χ1) is 5.27. The van der Waals surface area contributed by atoms with E-state index in [0.717, 1.165) is 11.6 Å². The van der Waals surface area contributed by atoms with Gasteiger partial charge in [0.15, 0.2) is 0 Å². The monoisotopic (exact) mass is 174 g/mol. The van der Waals surface area contributed by atoms with E-state index in [9.17, 15) is 0 Å². The molecule has 0 saturated carbocycles. The largest absolute Gasteiger partial charge is 0.478 e. The summed E-state index contributed by atoms with van der Waals surface area (Å²) in [5, 5.41) is 4.11. The predicted octanol–water partition coefficient (Wildman–Crippen LogP) is 1.56. The number of hydrogen-bond acceptors (Lipinski definition) is 2. The van der Waals surface area contributed by atoms with Crippen LogP contribution in [0.5, 0.6) is 5.88 Å². The minimum Gasteiger partial charge on any atom is -0.478 e. The van der Waals surface area contributed by atoms with E-state index in [-0.39, 0.29) is 0 Å². The molecule has 11 heavy (non-hydrogen) atoms. The SMILES string of the molecule is CCOc1cc(CCl)nn1C. The Morgan fingerprint density at radius 2 is 2.45 bits per heavy atom. The van der Waals surface area contributed by atoms with Crippen LogP contribution >= 0.6 is 11.6 Å². The molecule has 1 rings (SSSR count). The van der Waals surface area contributed by atoms with E-state index in [1.165, 1.54) is 0 Å². The molecule has 62 valence electrons. The maximum atomic E-state index is 5.58. The lowest BCUT2D eigenvalue weighted by Gasteiger charge is -1.99. The van der Waals surface area contributed by atoms with E-state index in [0.29, 0.717) is 12.5 Å². The van der Waals surface area contributed by atoms with Crippen molar-refractivity contribution in [2.24, 2.45) is 7.05 Å². The zero-order chi connectivity index (χ0) is 8.27. The number of nitrogens with zero attached hydrogens (tertiary/aromatic N) is 2. The Morgan fingerprint density at radius 3 is 2.91 bits per heavy atom. The Kier molecular flexibility index (Phi) is 2.76. The van der Waals surface area contributed by atoms with Gasteiger partial charge in [-0.1, -0.05) is 0 Å². The number of halogens is 1. The molecule has 0 fully saturated rings. The first-order valence-corrected chi connectivity index (χ1v) is 4.03. The van der Waals surface area contributed by atoms with Crippen molar-refractivity contribution in [1.29, 1.82) is 0 Å². The fraction of sp³-hybridized carbons (Fsp3) is 0.571. The van der Waals surface area contributed by atoms with Gasteiger partial charge in [0.1, 0.15) is 0 Å². The third kappa shape index (κ3) is 1.87. The Morgan fingerprint density at radius 1 is 1.73 bits per heavy atom. The average Bonchev–Trinajstić information content (AvgIpc) is 2.33. The third-order valence-corrected chi connectivity index (χ3v) is 1.59. The van der Waals surface area contributed by atoms with E-state index in [1.807, 2.05) is 20.0 Å². The van der Waals surface area contributed by atoms with Crippen LogP contribution in [0.2, 0.25) is 0 Å². The first-order valence-electron chi connectivity index (χ1n) is 3.49. The quantitative estimate of drug-likeness (QED) is 0.651. The summed E-state index contributed by atoms with van der Waals surface area (Å²) in [5.74, 6) is 1.20. The highest BCUT2D eigenvalue weighted by Gasteiger charge is 2.02. The third-order valence-electron chi connectivity index (χ3n) is 1.32. The minimum absolute atomic E-state index is 0.431. The zero-order valence-corrected chi connectivity index (χ0v) is 7.43. The molecule has 1 heterocycles. The number of hydrogen-bond donors (Lipinski definition) is 0. The summed E-state index contributed by atoms with van der Waals surface area (Å²) in [5.41, 5.74) is 0.845. The van der Waals surface area contributed by atoms with Crippen molar-refractivity contribution in [1.82, 2.24) is 9.78 Å². The Labute approximate surface area is 70.9 Å². The molecule has 1 aromatic rings. The van der Waals surface area contributed by atoms with Gasteiger partial charge in [0.05, 0.1) is 18.2 Å². The second kappa shape index (κ2) is 3.62. The van der Waals surface area contributed by atoms with Crippen LogP contribution < -0.4 is 4.74 Å². The van der Waals surface area contributed by atoms with Crippen LogP contribution in [0.4, 0.5) is 0 Å². The van der Waals surface area contributed by atoms with Gasteiger partial charge in [-0.3, -0.25) is 0 Å². The van der Waals surface area contributed by atoms with Gasteiger partial charge in [-0.25, -0.2) is 4.68 Å². The summed E-state index contributed by atoms with van der Waals surface area (Å²) in [4.78, 5) is 0. The zero-order valence-electron chi connectivity index (χ0n) is 6.67. The maximum absolute atomic E-state index is 5.58. The summed E-state index contributed by atoms with van der Waals surface area (Å²) in [7, 11) is 1.83. The topological polar surface area (TPSA) is 27.1 Å². The second-order valence-corrected chi connectivity index (χ2v) is 2.43. The highest BCUT2D eigenvalue weighted by Crippen LogP contribution is 2.12. The van der Waals surface area contributed by atoms with Crippen molar-refractivity contribution < 1.29 is 4.74 Å². The molecule has 0 amide bonds. The number of aryl methyl sites for hydroxylation is 1. The van der Waals surface area contributed by atoms with Crippen molar-refractivity contribution >= 4 is 11.6 Å². The molecule has 0 N–H and O–H groups in total. The summed E-state index contributed by atoms with van der Waals surface area (Å²) in [6.07, 6.45) is 0. The summed E-state index contributed by atoms with van der Waals surface area (Å²) >= 11 is 5.58. The summed E-state index contributed by atoms with van der Waals surface area (Å²) in [6, 6.07) is 1.84. The van der Waals surface area contributed by atoms with Crippen LogP contribution in [0.15, 0.2) is 6.07 Å². The van der Waals surface area contributed by atoms with Crippen LogP contribution in [-0.4, -0.2) is 16.4 Å². The molecular weight excluding hydrogens is 164 g/mol. The van der Waals surface area contributed by atoms with Gasteiger partial charge in [-0.2, -0.15) is 5.10 Å². The molecule has 1 aromatic heterocycles. The van der Waals surface area contributed by atoms with Gasteiger partial charge >= 0.3 is 0 Å². The maximum Gasteiger partial charge on any atom is 0.211 e. The van der Waals surface area contributed by atoms with Gasteiger partial charge < -0.3 is 4.74 Å². The molecular formula is C7H11ClN2O. The van der Waals surface area contributed by atoms with Crippen LogP contribution in [0, 0.1) is 0 Å². The lowest BCUT2D eigenvalue weighted by molar-refractivity contribution is 0.309. The number of ether oxygens (including phenoxy) is 1. The van der Waals surface area contributed by atoms with Crippen molar-refractivity contribution in [3.05, 3.63) is 11.8 Å². The fourth-order valence-electron chi connectivity index (χ4n) is 0.855. The van der Waals surface area contributed by atoms with Crippen LogP contribution in [0.25, 0.3) is 0 Å². The highest BCUT2D eigenvalue weighted by atomic mass is 35.5. The van der Waals surface area contributed by atoms with Crippen LogP contribution in [-0.2, 0) is 12.9 Å². The molecule has 0 aromatic carbocycles. The van der Waals surface area contributed by atoms with Gasteiger partial charge in [0.25, 0.3) is 0 Å². The molecule has 0 aliphatic carbocycles. The standard InChI is InChI=1S/C7H11ClN2O/c1-3-11-7-4-6(5-8)9-10(7)2/h4H,3,5H2,1-2H3. The van der Waals surface area contributed by atoms with E-state index in [2.05, 4.69) is 5.10 Å². The Hall–Kier alpha value is -0.700. The van der Waals surface area contributed by atoms with Crippen molar-refractivity contribution in [3.63, 3.8) is 0 Å². The van der Waals surface area contributed by atoms with Crippen LogP contribution in [0.1, 0.15) is 12.6 Å².